The molecule has 0 saturated carbocycles. The molecule has 0 spiro atoms. The van der Waals surface area contributed by atoms with Gasteiger partial charge in [0.25, 0.3) is 5.91 Å². The van der Waals surface area contributed by atoms with Gasteiger partial charge in [0.2, 0.25) is 5.91 Å². The second kappa shape index (κ2) is 8.85. The zero-order chi connectivity index (χ0) is 20.0. The minimum Gasteiger partial charge on any atom is -0.351 e. The van der Waals surface area contributed by atoms with Gasteiger partial charge in [-0.05, 0) is 56.9 Å². The molecule has 0 saturated heterocycles. The first kappa shape index (κ1) is 20.7. The van der Waals surface area contributed by atoms with Crippen molar-refractivity contribution in [3.05, 3.63) is 70.8 Å². The van der Waals surface area contributed by atoms with Crippen molar-refractivity contribution in [3.8, 4) is 0 Å². The molecule has 0 aliphatic rings. The summed E-state index contributed by atoms with van der Waals surface area (Å²) in [5.74, 6) is 0.0257. The molecule has 0 aromatic heterocycles. The van der Waals surface area contributed by atoms with Crippen molar-refractivity contribution in [2.45, 2.75) is 45.6 Å². The van der Waals surface area contributed by atoms with E-state index in [1.54, 1.807) is 19.0 Å². The first-order chi connectivity index (χ1) is 12.7. The Hall–Kier alpha value is -2.62. The minimum atomic E-state index is -0.297. The summed E-state index contributed by atoms with van der Waals surface area (Å²) in [6.45, 7) is 6.17. The molecule has 0 atom stereocenters. The molecule has 0 aliphatic heterocycles. The zero-order valence-electron chi connectivity index (χ0n) is 17.0. The third-order valence-electron chi connectivity index (χ3n) is 4.49. The van der Waals surface area contributed by atoms with Crippen LogP contribution in [0.1, 0.15) is 47.3 Å². The number of hydrogen-bond acceptors (Lipinski definition) is 2. The van der Waals surface area contributed by atoms with Crippen molar-refractivity contribution in [2.24, 2.45) is 0 Å². The van der Waals surface area contributed by atoms with Crippen molar-refractivity contribution in [1.29, 1.82) is 0 Å². The lowest BCUT2D eigenvalue weighted by Gasteiger charge is -2.26. The predicted octanol–water partition coefficient (Wildman–Crippen LogP) is 3.77. The van der Waals surface area contributed by atoms with Crippen LogP contribution in [-0.4, -0.2) is 36.3 Å². The van der Waals surface area contributed by atoms with E-state index in [9.17, 15) is 9.59 Å². The van der Waals surface area contributed by atoms with Crippen molar-refractivity contribution >= 4 is 11.8 Å². The Balaban J connectivity index is 1.86. The van der Waals surface area contributed by atoms with Gasteiger partial charge in [0.1, 0.15) is 0 Å². The fraction of sp³-hybridized carbons (Fsp3) is 0.391. The van der Waals surface area contributed by atoms with E-state index in [4.69, 9.17) is 0 Å². The number of nitrogens with zero attached hydrogens (tertiary/aromatic N) is 1. The quantitative estimate of drug-likeness (QED) is 0.811. The molecule has 0 heterocycles. The standard InChI is InChI=1S/C23H30N2O2/c1-17-6-8-19(9-7-17)16-23(2,3)24-21(26)15-12-18-10-13-20(14-11-18)22(27)25(4)5/h6-11,13-14H,12,15-16H2,1-5H3,(H,24,26). The summed E-state index contributed by atoms with van der Waals surface area (Å²) in [5.41, 5.74) is 3.86. The molecule has 2 aromatic carbocycles. The van der Waals surface area contributed by atoms with Crippen LogP contribution in [0.15, 0.2) is 48.5 Å². The van der Waals surface area contributed by atoms with Gasteiger partial charge in [0, 0.05) is 31.6 Å². The number of aryl methyl sites for hydroxylation is 2. The summed E-state index contributed by atoms with van der Waals surface area (Å²) in [6, 6.07) is 15.9. The van der Waals surface area contributed by atoms with Gasteiger partial charge >= 0.3 is 0 Å². The maximum Gasteiger partial charge on any atom is 0.253 e. The number of nitrogens with one attached hydrogen (secondary N) is 1. The van der Waals surface area contributed by atoms with Gasteiger partial charge in [-0.1, -0.05) is 42.0 Å². The molecular weight excluding hydrogens is 336 g/mol. The summed E-state index contributed by atoms with van der Waals surface area (Å²) >= 11 is 0. The summed E-state index contributed by atoms with van der Waals surface area (Å²) in [7, 11) is 3.47. The highest BCUT2D eigenvalue weighted by atomic mass is 16.2. The summed E-state index contributed by atoms with van der Waals surface area (Å²) in [5, 5.41) is 3.13. The number of amides is 2. The monoisotopic (exact) mass is 366 g/mol. The number of carbonyl (C=O) groups is 2. The number of hydrogen-bond donors (Lipinski definition) is 1. The second-order valence-electron chi connectivity index (χ2n) is 7.99. The summed E-state index contributed by atoms with van der Waals surface area (Å²) in [6.07, 6.45) is 1.88. The van der Waals surface area contributed by atoms with Crippen LogP contribution in [0.25, 0.3) is 0 Å². The lowest BCUT2D eigenvalue weighted by atomic mass is 9.94. The highest BCUT2D eigenvalue weighted by molar-refractivity contribution is 5.93. The fourth-order valence-corrected chi connectivity index (χ4v) is 3.03. The van der Waals surface area contributed by atoms with Crippen molar-refractivity contribution in [2.75, 3.05) is 14.1 Å². The van der Waals surface area contributed by atoms with Crippen LogP contribution >= 0.6 is 0 Å². The van der Waals surface area contributed by atoms with Crippen LogP contribution in [0.5, 0.6) is 0 Å². The Morgan fingerprint density at radius 1 is 0.926 bits per heavy atom. The van der Waals surface area contributed by atoms with Crippen molar-refractivity contribution < 1.29 is 9.59 Å². The van der Waals surface area contributed by atoms with Gasteiger partial charge < -0.3 is 10.2 Å². The first-order valence-corrected chi connectivity index (χ1v) is 9.33. The van der Waals surface area contributed by atoms with E-state index < -0.39 is 0 Å². The average Bonchev–Trinajstić information content (AvgIpc) is 2.61. The third kappa shape index (κ3) is 6.55. The maximum atomic E-state index is 12.4. The molecule has 2 rings (SSSR count). The van der Waals surface area contributed by atoms with Crippen molar-refractivity contribution in [3.63, 3.8) is 0 Å². The smallest absolute Gasteiger partial charge is 0.253 e. The molecule has 1 N–H and O–H groups in total. The second-order valence-corrected chi connectivity index (χ2v) is 7.99. The van der Waals surface area contributed by atoms with Gasteiger partial charge in [-0.25, -0.2) is 0 Å². The molecule has 2 amide bonds. The van der Waals surface area contributed by atoms with Gasteiger partial charge in [-0.15, -0.1) is 0 Å². The van der Waals surface area contributed by atoms with E-state index in [0.717, 1.165) is 12.0 Å². The van der Waals surface area contributed by atoms with Gasteiger partial charge in [-0.2, -0.15) is 0 Å². The summed E-state index contributed by atoms with van der Waals surface area (Å²) in [4.78, 5) is 25.8. The van der Waals surface area contributed by atoms with Crippen LogP contribution in [0.4, 0.5) is 0 Å². The van der Waals surface area contributed by atoms with E-state index in [1.165, 1.54) is 11.1 Å². The molecule has 0 unspecified atom stereocenters. The van der Waals surface area contributed by atoms with E-state index in [0.29, 0.717) is 18.4 Å². The minimum absolute atomic E-state index is 0.0165. The van der Waals surface area contributed by atoms with Gasteiger partial charge in [-0.3, -0.25) is 9.59 Å². The molecule has 0 radical (unpaired) electrons. The molecular formula is C23H30N2O2. The number of benzene rings is 2. The molecule has 4 nitrogen and oxygen atoms in total. The van der Waals surface area contributed by atoms with E-state index in [1.807, 2.05) is 38.1 Å². The number of carbonyl (C=O) groups excluding carboxylic acids is 2. The SMILES string of the molecule is Cc1ccc(CC(C)(C)NC(=O)CCc2ccc(C(=O)N(C)C)cc2)cc1. The Kier molecular flexibility index (Phi) is 6.78. The van der Waals surface area contributed by atoms with E-state index in [-0.39, 0.29) is 17.4 Å². The van der Waals surface area contributed by atoms with Crippen molar-refractivity contribution in [1.82, 2.24) is 10.2 Å². The molecule has 27 heavy (non-hydrogen) atoms. The van der Waals surface area contributed by atoms with E-state index >= 15 is 0 Å². The van der Waals surface area contributed by atoms with Gasteiger partial charge in [0.05, 0.1) is 0 Å². The Labute approximate surface area is 162 Å². The molecule has 0 bridgehead atoms. The highest BCUT2D eigenvalue weighted by Gasteiger charge is 2.20. The Morgan fingerprint density at radius 2 is 1.48 bits per heavy atom. The fourth-order valence-electron chi connectivity index (χ4n) is 3.03. The average molecular weight is 367 g/mol. The lowest BCUT2D eigenvalue weighted by Crippen LogP contribution is -2.45. The van der Waals surface area contributed by atoms with Gasteiger partial charge in [0.15, 0.2) is 0 Å². The molecule has 144 valence electrons. The molecule has 4 heteroatoms. The predicted molar refractivity (Wildman–Crippen MR) is 110 cm³/mol. The largest absolute Gasteiger partial charge is 0.351 e. The normalized spacial score (nSPS) is 11.1. The molecule has 0 fully saturated rings. The zero-order valence-corrected chi connectivity index (χ0v) is 17.0. The lowest BCUT2D eigenvalue weighted by molar-refractivity contribution is -0.122. The van der Waals surface area contributed by atoms with Crippen LogP contribution in [-0.2, 0) is 17.6 Å². The highest BCUT2D eigenvalue weighted by Crippen LogP contribution is 2.14. The Morgan fingerprint density at radius 3 is 2.04 bits per heavy atom. The molecule has 0 aliphatic carbocycles. The van der Waals surface area contributed by atoms with E-state index in [2.05, 4.69) is 36.5 Å². The first-order valence-electron chi connectivity index (χ1n) is 9.33. The number of rotatable bonds is 7. The maximum absolute atomic E-state index is 12.4. The van der Waals surface area contributed by atoms with Crippen LogP contribution < -0.4 is 5.32 Å². The third-order valence-corrected chi connectivity index (χ3v) is 4.49. The Bertz CT molecular complexity index is 775. The van der Waals surface area contributed by atoms with Crippen LogP contribution in [0.3, 0.4) is 0 Å². The topological polar surface area (TPSA) is 49.4 Å². The van der Waals surface area contributed by atoms with Crippen LogP contribution in [0, 0.1) is 6.92 Å². The van der Waals surface area contributed by atoms with Crippen LogP contribution in [0.2, 0.25) is 0 Å². The molecule has 2 aromatic rings. The summed E-state index contributed by atoms with van der Waals surface area (Å²) < 4.78 is 0.